The minimum absolute atomic E-state index is 0.468. The summed E-state index contributed by atoms with van der Waals surface area (Å²) >= 11 is 1.51. The Bertz CT molecular complexity index is 496. The van der Waals surface area contributed by atoms with Gasteiger partial charge >= 0.3 is 0 Å². The van der Waals surface area contributed by atoms with Crippen molar-refractivity contribution in [1.29, 1.82) is 0 Å². The minimum atomic E-state index is -3.29. The highest BCUT2D eigenvalue weighted by molar-refractivity contribution is 7.89. The van der Waals surface area contributed by atoms with Gasteiger partial charge < -0.3 is 5.32 Å². The minimum Gasteiger partial charge on any atom is -0.312 e. The maximum Gasteiger partial charge on any atom is 0.244 e. The molecule has 1 N–H and O–H groups in total. The zero-order valence-electron chi connectivity index (χ0n) is 10.8. The quantitative estimate of drug-likeness (QED) is 0.900. The Balaban J connectivity index is 2.22. The molecule has 0 amide bonds. The summed E-state index contributed by atoms with van der Waals surface area (Å²) in [4.78, 5) is 1.40. The summed E-state index contributed by atoms with van der Waals surface area (Å²) in [5.41, 5.74) is 0. The second-order valence-electron chi connectivity index (χ2n) is 4.75. The van der Waals surface area contributed by atoms with Gasteiger partial charge in [0.2, 0.25) is 10.0 Å². The van der Waals surface area contributed by atoms with Crippen molar-refractivity contribution < 1.29 is 8.42 Å². The van der Waals surface area contributed by atoms with Crippen molar-refractivity contribution >= 4 is 21.4 Å². The summed E-state index contributed by atoms with van der Waals surface area (Å²) < 4.78 is 26.7. The summed E-state index contributed by atoms with van der Waals surface area (Å²) in [7, 11) is -3.29. The number of hydrogen-bond acceptors (Lipinski definition) is 4. The van der Waals surface area contributed by atoms with Gasteiger partial charge in [-0.1, -0.05) is 13.8 Å². The Labute approximate surface area is 113 Å². The van der Waals surface area contributed by atoms with Gasteiger partial charge in [-0.2, -0.15) is 4.31 Å². The SMILES string of the molecule is CCNCc1sccc1S(=O)(=O)N1CCC(C)C1. The van der Waals surface area contributed by atoms with Gasteiger partial charge in [0, 0.05) is 24.5 Å². The van der Waals surface area contributed by atoms with Gasteiger partial charge in [0.1, 0.15) is 0 Å². The van der Waals surface area contributed by atoms with Crippen LogP contribution in [-0.4, -0.2) is 32.4 Å². The molecule has 2 rings (SSSR count). The van der Waals surface area contributed by atoms with Crippen LogP contribution >= 0.6 is 11.3 Å². The molecular weight excluding hydrogens is 268 g/mol. The Morgan fingerprint density at radius 1 is 1.56 bits per heavy atom. The molecule has 6 heteroatoms. The van der Waals surface area contributed by atoms with E-state index in [0.29, 0.717) is 30.4 Å². The van der Waals surface area contributed by atoms with Crippen molar-refractivity contribution in [2.45, 2.75) is 31.7 Å². The highest BCUT2D eigenvalue weighted by atomic mass is 32.2. The lowest BCUT2D eigenvalue weighted by atomic mass is 10.2. The zero-order chi connectivity index (χ0) is 13.2. The van der Waals surface area contributed by atoms with Gasteiger partial charge in [-0.15, -0.1) is 11.3 Å². The number of nitrogens with one attached hydrogen (secondary N) is 1. The molecule has 2 heterocycles. The van der Waals surface area contributed by atoms with Crippen molar-refractivity contribution in [2.75, 3.05) is 19.6 Å². The summed E-state index contributed by atoms with van der Waals surface area (Å²) in [5, 5.41) is 5.05. The molecule has 4 nitrogen and oxygen atoms in total. The number of hydrogen-bond donors (Lipinski definition) is 1. The van der Waals surface area contributed by atoms with Gasteiger partial charge in [-0.3, -0.25) is 0 Å². The number of sulfonamides is 1. The first-order valence-corrected chi connectivity index (χ1v) is 8.65. The molecule has 1 saturated heterocycles. The van der Waals surface area contributed by atoms with E-state index in [0.717, 1.165) is 17.8 Å². The molecule has 0 aliphatic carbocycles. The van der Waals surface area contributed by atoms with E-state index in [-0.39, 0.29) is 0 Å². The van der Waals surface area contributed by atoms with Crippen molar-refractivity contribution in [3.8, 4) is 0 Å². The highest BCUT2D eigenvalue weighted by Crippen LogP contribution is 2.28. The molecule has 1 aromatic heterocycles. The Kier molecular flexibility index (Phi) is 4.42. The lowest BCUT2D eigenvalue weighted by Crippen LogP contribution is -2.29. The summed E-state index contributed by atoms with van der Waals surface area (Å²) in [5.74, 6) is 0.468. The van der Waals surface area contributed by atoms with Gasteiger partial charge in [0.15, 0.2) is 0 Å². The van der Waals surface area contributed by atoms with E-state index in [2.05, 4.69) is 12.2 Å². The molecule has 0 saturated carbocycles. The van der Waals surface area contributed by atoms with Gasteiger partial charge in [0.25, 0.3) is 0 Å². The van der Waals surface area contributed by atoms with Gasteiger partial charge in [-0.05, 0) is 30.3 Å². The highest BCUT2D eigenvalue weighted by Gasteiger charge is 2.32. The second kappa shape index (κ2) is 5.69. The Morgan fingerprint density at radius 2 is 2.33 bits per heavy atom. The summed E-state index contributed by atoms with van der Waals surface area (Å²) in [6.07, 6.45) is 0.964. The third-order valence-corrected chi connectivity index (χ3v) is 6.24. The van der Waals surface area contributed by atoms with Crippen LogP contribution < -0.4 is 5.32 Å². The number of thiophene rings is 1. The molecule has 18 heavy (non-hydrogen) atoms. The molecule has 102 valence electrons. The van der Waals surface area contributed by atoms with E-state index in [9.17, 15) is 8.42 Å². The van der Waals surface area contributed by atoms with Crippen LogP contribution in [0.5, 0.6) is 0 Å². The maximum atomic E-state index is 12.5. The van der Waals surface area contributed by atoms with Crippen LogP contribution in [-0.2, 0) is 16.6 Å². The third-order valence-electron chi connectivity index (χ3n) is 3.24. The normalized spacial score (nSPS) is 21.6. The smallest absolute Gasteiger partial charge is 0.244 e. The van der Waals surface area contributed by atoms with Crippen molar-refractivity contribution in [1.82, 2.24) is 9.62 Å². The summed E-state index contributed by atoms with van der Waals surface area (Å²) in [6.45, 7) is 6.90. The topological polar surface area (TPSA) is 49.4 Å². The average Bonchev–Trinajstić information content (AvgIpc) is 2.95. The average molecular weight is 288 g/mol. The molecule has 0 aromatic carbocycles. The van der Waals surface area contributed by atoms with E-state index < -0.39 is 10.0 Å². The molecule has 1 aromatic rings. The molecule has 1 atom stereocenters. The molecule has 0 bridgehead atoms. The lowest BCUT2D eigenvalue weighted by molar-refractivity contribution is 0.464. The third kappa shape index (κ3) is 2.77. The van der Waals surface area contributed by atoms with Gasteiger partial charge in [-0.25, -0.2) is 8.42 Å². The van der Waals surface area contributed by atoms with Crippen LogP contribution in [0.4, 0.5) is 0 Å². The molecule has 1 aliphatic heterocycles. The van der Waals surface area contributed by atoms with Crippen LogP contribution in [0.1, 0.15) is 25.1 Å². The molecule has 1 unspecified atom stereocenters. The van der Waals surface area contributed by atoms with Crippen LogP contribution in [0, 0.1) is 5.92 Å². The fraction of sp³-hybridized carbons (Fsp3) is 0.667. The van der Waals surface area contributed by atoms with Crippen molar-refractivity contribution in [3.05, 3.63) is 16.3 Å². The fourth-order valence-corrected chi connectivity index (χ4v) is 5.14. The lowest BCUT2D eigenvalue weighted by Gasteiger charge is -2.16. The van der Waals surface area contributed by atoms with E-state index >= 15 is 0 Å². The zero-order valence-corrected chi connectivity index (χ0v) is 12.5. The first-order chi connectivity index (χ1) is 8.55. The Hall–Kier alpha value is -0.430. The van der Waals surface area contributed by atoms with E-state index in [1.807, 2.05) is 12.3 Å². The first kappa shape index (κ1) is 14.0. The standard InChI is InChI=1S/C12H20N2O2S2/c1-3-13-8-11-12(5-7-17-11)18(15,16)14-6-4-10(2)9-14/h5,7,10,13H,3-4,6,8-9H2,1-2H3. The largest absolute Gasteiger partial charge is 0.312 e. The fourth-order valence-electron chi connectivity index (χ4n) is 2.18. The summed E-state index contributed by atoms with van der Waals surface area (Å²) in [6, 6.07) is 1.73. The molecular formula is C12H20N2O2S2. The van der Waals surface area contributed by atoms with Crippen molar-refractivity contribution in [2.24, 2.45) is 5.92 Å². The number of nitrogens with zero attached hydrogens (tertiary/aromatic N) is 1. The predicted molar refractivity (Wildman–Crippen MR) is 74.2 cm³/mol. The van der Waals surface area contributed by atoms with Crippen LogP contribution in [0.3, 0.4) is 0 Å². The van der Waals surface area contributed by atoms with Crippen LogP contribution in [0.25, 0.3) is 0 Å². The van der Waals surface area contributed by atoms with Crippen molar-refractivity contribution in [3.63, 3.8) is 0 Å². The van der Waals surface area contributed by atoms with Crippen LogP contribution in [0.15, 0.2) is 16.3 Å². The number of rotatable bonds is 5. The Morgan fingerprint density at radius 3 is 2.94 bits per heavy atom. The first-order valence-electron chi connectivity index (χ1n) is 6.33. The van der Waals surface area contributed by atoms with E-state index in [4.69, 9.17) is 0 Å². The molecule has 0 spiro atoms. The van der Waals surface area contributed by atoms with Crippen LogP contribution in [0.2, 0.25) is 0 Å². The monoisotopic (exact) mass is 288 g/mol. The molecule has 1 fully saturated rings. The molecule has 0 radical (unpaired) electrons. The molecule has 1 aliphatic rings. The van der Waals surface area contributed by atoms with Gasteiger partial charge in [0.05, 0.1) is 4.90 Å². The second-order valence-corrected chi connectivity index (χ2v) is 7.65. The van der Waals surface area contributed by atoms with E-state index in [1.165, 1.54) is 11.3 Å². The predicted octanol–water partition coefficient (Wildman–Crippen LogP) is 1.89. The van der Waals surface area contributed by atoms with E-state index in [1.54, 1.807) is 10.4 Å². The maximum absolute atomic E-state index is 12.5.